The van der Waals surface area contributed by atoms with Crippen LogP contribution >= 0.6 is 11.3 Å². The maximum absolute atomic E-state index is 11.8. The number of thiophene rings is 1. The van der Waals surface area contributed by atoms with Crippen LogP contribution in [0, 0.1) is 13.8 Å². The van der Waals surface area contributed by atoms with Crippen molar-refractivity contribution in [1.29, 1.82) is 0 Å². The molecule has 0 atom stereocenters. The van der Waals surface area contributed by atoms with E-state index in [-0.39, 0.29) is 17.4 Å². The lowest BCUT2D eigenvalue weighted by Crippen LogP contribution is -2.23. The zero-order valence-corrected chi connectivity index (χ0v) is 11.0. The van der Waals surface area contributed by atoms with E-state index in [0.29, 0.717) is 6.54 Å². The van der Waals surface area contributed by atoms with Gasteiger partial charge in [-0.15, -0.1) is 11.3 Å². The molecule has 0 aliphatic carbocycles. The molecule has 2 N–H and O–H groups in total. The molecule has 0 bridgehead atoms. The van der Waals surface area contributed by atoms with Crippen LogP contribution in [0.15, 0.2) is 24.4 Å². The average Bonchev–Trinajstić information content (AvgIpc) is 2.66. The van der Waals surface area contributed by atoms with E-state index >= 15 is 0 Å². The molecular formula is C13H14N2O2S. The molecule has 0 spiro atoms. The predicted octanol–water partition coefficient (Wildman–Crippen LogP) is 2.40. The summed E-state index contributed by atoms with van der Waals surface area (Å²) in [6.45, 7) is 4.55. The van der Waals surface area contributed by atoms with Crippen LogP contribution in [0.5, 0.6) is 5.75 Å². The third-order valence-electron chi connectivity index (χ3n) is 2.64. The summed E-state index contributed by atoms with van der Waals surface area (Å²) in [6.07, 6.45) is 1.48. The van der Waals surface area contributed by atoms with E-state index in [1.807, 2.05) is 6.92 Å². The standard InChI is InChI=1S/C13H14N2O2S/c1-8-6-10(18-9(8)2)7-15-13(17)12-11(16)4-3-5-14-12/h3-6,16H,7H2,1-2H3,(H,15,17). The van der Waals surface area contributed by atoms with Crippen LogP contribution in [0.1, 0.15) is 25.8 Å². The fourth-order valence-corrected chi connectivity index (χ4v) is 2.55. The normalized spacial score (nSPS) is 10.3. The lowest BCUT2D eigenvalue weighted by Gasteiger charge is -2.04. The Labute approximate surface area is 109 Å². The molecule has 18 heavy (non-hydrogen) atoms. The van der Waals surface area contributed by atoms with E-state index in [1.165, 1.54) is 22.7 Å². The number of hydrogen-bond acceptors (Lipinski definition) is 4. The van der Waals surface area contributed by atoms with Gasteiger partial charge >= 0.3 is 0 Å². The highest BCUT2D eigenvalue weighted by atomic mass is 32.1. The van der Waals surface area contributed by atoms with Gasteiger partial charge in [-0.2, -0.15) is 0 Å². The molecular weight excluding hydrogens is 248 g/mol. The molecule has 4 nitrogen and oxygen atoms in total. The third kappa shape index (κ3) is 2.68. The monoisotopic (exact) mass is 262 g/mol. The van der Waals surface area contributed by atoms with E-state index in [9.17, 15) is 9.90 Å². The van der Waals surface area contributed by atoms with E-state index in [1.54, 1.807) is 17.4 Å². The second-order valence-electron chi connectivity index (χ2n) is 4.01. The number of carbonyl (C=O) groups is 1. The Hall–Kier alpha value is -1.88. The summed E-state index contributed by atoms with van der Waals surface area (Å²) >= 11 is 1.66. The molecule has 2 aromatic heterocycles. The minimum absolute atomic E-state index is 0.0579. The number of hydrogen-bond donors (Lipinski definition) is 2. The first-order valence-corrected chi connectivity index (χ1v) is 6.37. The van der Waals surface area contributed by atoms with Gasteiger partial charge in [0, 0.05) is 16.0 Å². The zero-order chi connectivity index (χ0) is 13.1. The molecule has 5 heteroatoms. The summed E-state index contributed by atoms with van der Waals surface area (Å²) in [6, 6.07) is 5.08. The fourth-order valence-electron chi connectivity index (χ4n) is 1.56. The number of rotatable bonds is 3. The molecule has 0 saturated heterocycles. The van der Waals surface area contributed by atoms with Crippen molar-refractivity contribution in [2.75, 3.05) is 0 Å². The summed E-state index contributed by atoms with van der Waals surface area (Å²) in [4.78, 5) is 18.0. The van der Waals surface area contributed by atoms with Crippen molar-refractivity contribution in [2.24, 2.45) is 0 Å². The highest BCUT2D eigenvalue weighted by Crippen LogP contribution is 2.20. The number of amides is 1. The Balaban J connectivity index is 2.03. The van der Waals surface area contributed by atoms with E-state index in [4.69, 9.17) is 0 Å². The molecule has 0 saturated carbocycles. The van der Waals surface area contributed by atoms with Crippen molar-refractivity contribution in [2.45, 2.75) is 20.4 Å². The van der Waals surface area contributed by atoms with Crippen molar-refractivity contribution in [3.05, 3.63) is 45.4 Å². The summed E-state index contributed by atoms with van der Waals surface area (Å²) in [5, 5.41) is 12.3. The Kier molecular flexibility index (Phi) is 3.62. The molecule has 94 valence electrons. The second kappa shape index (κ2) is 5.18. The molecule has 2 heterocycles. The highest BCUT2D eigenvalue weighted by Gasteiger charge is 2.12. The van der Waals surface area contributed by atoms with Crippen LogP contribution in [0.2, 0.25) is 0 Å². The van der Waals surface area contributed by atoms with E-state index in [0.717, 1.165) is 4.88 Å². The number of aromatic nitrogens is 1. The van der Waals surface area contributed by atoms with Crippen molar-refractivity contribution in [3.8, 4) is 5.75 Å². The summed E-state index contributed by atoms with van der Waals surface area (Å²) in [5.74, 6) is -0.467. The summed E-state index contributed by atoms with van der Waals surface area (Å²) in [5.41, 5.74) is 1.28. The van der Waals surface area contributed by atoms with Crippen LogP contribution in [0.3, 0.4) is 0 Å². The van der Waals surface area contributed by atoms with Crippen LogP contribution in [-0.2, 0) is 6.54 Å². The quantitative estimate of drug-likeness (QED) is 0.892. The minimum Gasteiger partial charge on any atom is -0.505 e. The first kappa shape index (κ1) is 12.6. The smallest absolute Gasteiger partial charge is 0.274 e. The van der Waals surface area contributed by atoms with Gasteiger partial charge in [0.25, 0.3) is 5.91 Å². The average molecular weight is 262 g/mol. The van der Waals surface area contributed by atoms with Gasteiger partial charge in [-0.25, -0.2) is 4.98 Å². The van der Waals surface area contributed by atoms with Crippen LogP contribution in [-0.4, -0.2) is 16.0 Å². The number of aryl methyl sites for hydroxylation is 2. The van der Waals surface area contributed by atoms with Crippen molar-refractivity contribution in [3.63, 3.8) is 0 Å². The first-order valence-electron chi connectivity index (χ1n) is 5.56. The number of aromatic hydroxyl groups is 1. The molecule has 0 fully saturated rings. The Morgan fingerprint density at radius 3 is 2.89 bits per heavy atom. The second-order valence-corrected chi connectivity index (χ2v) is 5.35. The minimum atomic E-state index is -0.364. The maximum atomic E-state index is 11.8. The third-order valence-corrected chi connectivity index (χ3v) is 3.79. The maximum Gasteiger partial charge on any atom is 0.274 e. The predicted molar refractivity (Wildman–Crippen MR) is 70.9 cm³/mol. The topological polar surface area (TPSA) is 62.2 Å². The summed E-state index contributed by atoms with van der Waals surface area (Å²) < 4.78 is 0. The molecule has 1 amide bonds. The largest absolute Gasteiger partial charge is 0.505 e. The highest BCUT2D eigenvalue weighted by molar-refractivity contribution is 7.12. The molecule has 0 aliphatic heterocycles. The number of nitrogens with zero attached hydrogens (tertiary/aromatic N) is 1. The lowest BCUT2D eigenvalue weighted by molar-refractivity contribution is 0.0943. The summed E-state index contributed by atoms with van der Waals surface area (Å²) in [7, 11) is 0. The van der Waals surface area contributed by atoms with Gasteiger partial charge in [0.2, 0.25) is 0 Å². The van der Waals surface area contributed by atoms with E-state index < -0.39 is 0 Å². The Morgan fingerprint density at radius 1 is 1.50 bits per heavy atom. The van der Waals surface area contributed by atoms with Gasteiger partial charge in [-0.3, -0.25) is 4.79 Å². The molecule has 2 rings (SSSR count). The van der Waals surface area contributed by atoms with Crippen LogP contribution in [0.4, 0.5) is 0 Å². The Bertz CT molecular complexity index is 559. The molecule has 0 radical (unpaired) electrons. The zero-order valence-electron chi connectivity index (χ0n) is 10.2. The van der Waals surface area contributed by atoms with Gasteiger partial charge in [0.15, 0.2) is 5.69 Å². The Morgan fingerprint density at radius 2 is 2.28 bits per heavy atom. The van der Waals surface area contributed by atoms with Gasteiger partial charge in [-0.1, -0.05) is 0 Å². The van der Waals surface area contributed by atoms with E-state index in [2.05, 4.69) is 23.3 Å². The number of carbonyl (C=O) groups excluding carboxylic acids is 1. The van der Waals surface area contributed by atoms with Gasteiger partial charge in [0.1, 0.15) is 5.75 Å². The fraction of sp³-hybridized carbons (Fsp3) is 0.231. The van der Waals surface area contributed by atoms with Crippen molar-refractivity contribution < 1.29 is 9.90 Å². The number of nitrogens with one attached hydrogen (secondary N) is 1. The van der Waals surface area contributed by atoms with Gasteiger partial charge in [-0.05, 0) is 37.6 Å². The van der Waals surface area contributed by atoms with Crippen LogP contribution < -0.4 is 5.32 Å². The van der Waals surface area contributed by atoms with Gasteiger partial charge in [0.05, 0.1) is 6.54 Å². The van der Waals surface area contributed by atoms with Crippen molar-refractivity contribution >= 4 is 17.2 Å². The molecule has 0 unspecified atom stereocenters. The molecule has 0 aliphatic rings. The molecule has 2 aromatic rings. The molecule has 0 aromatic carbocycles. The van der Waals surface area contributed by atoms with Gasteiger partial charge < -0.3 is 10.4 Å². The SMILES string of the molecule is Cc1cc(CNC(=O)c2ncccc2O)sc1C. The van der Waals surface area contributed by atoms with Crippen molar-refractivity contribution in [1.82, 2.24) is 10.3 Å². The lowest BCUT2D eigenvalue weighted by atomic mass is 10.3. The number of pyridine rings is 1. The first-order chi connectivity index (χ1) is 8.58. The van der Waals surface area contributed by atoms with Crippen LogP contribution in [0.25, 0.3) is 0 Å².